The third-order valence-corrected chi connectivity index (χ3v) is 4.34. The van der Waals surface area contributed by atoms with Crippen LogP contribution < -0.4 is 5.32 Å². The molecule has 1 fully saturated rings. The fraction of sp³-hybridized carbons (Fsp3) is 0.429. The number of piperidine rings is 1. The van der Waals surface area contributed by atoms with Gasteiger partial charge in [-0.1, -0.05) is 39.1 Å². The molecule has 0 aromatic heterocycles. The molecule has 0 atom stereocenters. The van der Waals surface area contributed by atoms with E-state index in [1.807, 2.05) is 12.1 Å². The standard InChI is InChI=1S/C14H15BrCl2N2O2/c15-10-3-1-9(2-4-10)14(21)19-7-5-11(6-8-19)18-13(20)12(16)17/h1-4,11-12H,5-8H2,(H,18,20). The highest BCUT2D eigenvalue weighted by atomic mass is 79.9. The van der Waals surface area contributed by atoms with Gasteiger partial charge >= 0.3 is 0 Å². The van der Waals surface area contributed by atoms with Gasteiger partial charge in [-0.25, -0.2) is 0 Å². The molecule has 0 saturated carbocycles. The number of hydrogen-bond acceptors (Lipinski definition) is 2. The van der Waals surface area contributed by atoms with E-state index >= 15 is 0 Å². The predicted molar refractivity (Wildman–Crippen MR) is 86.7 cm³/mol. The molecule has 2 amide bonds. The van der Waals surface area contributed by atoms with Crippen LogP contribution in [0, 0.1) is 0 Å². The molecular weight excluding hydrogens is 379 g/mol. The second-order valence-corrected chi connectivity index (χ2v) is 6.89. The van der Waals surface area contributed by atoms with E-state index in [4.69, 9.17) is 23.2 Å². The predicted octanol–water partition coefficient (Wildman–Crippen LogP) is 2.97. The summed E-state index contributed by atoms with van der Waals surface area (Å²) in [4.78, 5) is 24.5. The van der Waals surface area contributed by atoms with Gasteiger partial charge in [-0.3, -0.25) is 9.59 Å². The molecule has 0 unspecified atom stereocenters. The SMILES string of the molecule is O=C(NC1CCN(C(=O)c2ccc(Br)cc2)CC1)C(Cl)Cl. The van der Waals surface area contributed by atoms with E-state index in [0.717, 1.165) is 4.47 Å². The Labute approximate surface area is 141 Å². The Balaban J connectivity index is 1.87. The maximum atomic E-state index is 12.3. The molecule has 1 N–H and O–H groups in total. The third-order valence-electron chi connectivity index (χ3n) is 3.42. The Kier molecular flexibility index (Phi) is 5.90. The fourth-order valence-electron chi connectivity index (χ4n) is 2.27. The van der Waals surface area contributed by atoms with Gasteiger partial charge in [0.05, 0.1) is 0 Å². The number of amides is 2. The second kappa shape index (κ2) is 7.47. The summed E-state index contributed by atoms with van der Waals surface area (Å²) < 4.78 is 0.942. The number of alkyl halides is 2. The van der Waals surface area contributed by atoms with Crippen molar-refractivity contribution < 1.29 is 9.59 Å². The quantitative estimate of drug-likeness (QED) is 0.802. The van der Waals surface area contributed by atoms with Crippen molar-refractivity contribution in [2.45, 2.75) is 23.7 Å². The van der Waals surface area contributed by atoms with Crippen molar-refractivity contribution in [1.82, 2.24) is 10.2 Å². The van der Waals surface area contributed by atoms with Crippen LogP contribution in [0.4, 0.5) is 0 Å². The summed E-state index contributed by atoms with van der Waals surface area (Å²) in [6.07, 6.45) is 1.41. The van der Waals surface area contributed by atoms with Crippen LogP contribution in [0.5, 0.6) is 0 Å². The molecular formula is C14H15BrCl2N2O2. The minimum atomic E-state index is -1.05. The molecule has 1 aromatic rings. The molecule has 0 spiro atoms. The third kappa shape index (κ3) is 4.59. The normalized spacial score (nSPS) is 16.1. The zero-order chi connectivity index (χ0) is 15.4. The van der Waals surface area contributed by atoms with Crippen LogP contribution >= 0.6 is 39.1 Å². The summed E-state index contributed by atoms with van der Waals surface area (Å²) in [6, 6.07) is 7.31. The number of hydrogen-bond donors (Lipinski definition) is 1. The van der Waals surface area contributed by atoms with Gasteiger partial charge in [-0.15, -0.1) is 0 Å². The van der Waals surface area contributed by atoms with Crippen LogP contribution in [-0.2, 0) is 4.79 Å². The minimum absolute atomic E-state index is 0.0137. The maximum absolute atomic E-state index is 12.3. The first kappa shape index (κ1) is 16.6. The zero-order valence-electron chi connectivity index (χ0n) is 11.2. The molecule has 7 heteroatoms. The van der Waals surface area contributed by atoms with Gasteiger partial charge in [-0.2, -0.15) is 0 Å². The van der Waals surface area contributed by atoms with Crippen LogP contribution in [0.25, 0.3) is 0 Å². The number of nitrogens with one attached hydrogen (secondary N) is 1. The van der Waals surface area contributed by atoms with Gasteiger partial charge in [-0.05, 0) is 37.1 Å². The number of carbonyl (C=O) groups excluding carboxylic acids is 2. The highest BCUT2D eigenvalue weighted by Gasteiger charge is 2.25. The lowest BCUT2D eigenvalue weighted by atomic mass is 10.0. The molecule has 2 rings (SSSR count). The lowest BCUT2D eigenvalue weighted by Gasteiger charge is -2.32. The van der Waals surface area contributed by atoms with Gasteiger partial charge in [0, 0.05) is 29.2 Å². The molecule has 0 bridgehead atoms. The first-order valence-electron chi connectivity index (χ1n) is 6.60. The van der Waals surface area contributed by atoms with Gasteiger partial charge in [0.1, 0.15) is 0 Å². The van der Waals surface area contributed by atoms with E-state index in [1.54, 1.807) is 17.0 Å². The van der Waals surface area contributed by atoms with Crippen molar-refractivity contribution in [3.8, 4) is 0 Å². The van der Waals surface area contributed by atoms with Gasteiger partial charge in [0.15, 0.2) is 4.84 Å². The molecule has 0 aliphatic carbocycles. The monoisotopic (exact) mass is 392 g/mol. The number of likely N-dealkylation sites (tertiary alicyclic amines) is 1. The summed E-state index contributed by atoms with van der Waals surface area (Å²) in [6.45, 7) is 1.21. The maximum Gasteiger partial charge on any atom is 0.253 e. The summed E-state index contributed by atoms with van der Waals surface area (Å²) in [5.41, 5.74) is 0.669. The van der Waals surface area contributed by atoms with Gasteiger partial charge in [0.2, 0.25) is 0 Å². The number of benzene rings is 1. The van der Waals surface area contributed by atoms with E-state index < -0.39 is 4.84 Å². The number of rotatable bonds is 3. The Hall–Kier alpha value is -0.780. The molecule has 114 valence electrons. The van der Waals surface area contributed by atoms with Crippen LogP contribution in [0.3, 0.4) is 0 Å². The van der Waals surface area contributed by atoms with E-state index in [1.165, 1.54) is 0 Å². The fourth-order valence-corrected chi connectivity index (χ4v) is 2.66. The van der Waals surface area contributed by atoms with Gasteiger partial charge < -0.3 is 10.2 Å². The Morgan fingerprint density at radius 2 is 1.76 bits per heavy atom. The number of nitrogens with zero attached hydrogens (tertiary/aromatic N) is 1. The average molecular weight is 394 g/mol. The van der Waals surface area contributed by atoms with E-state index in [-0.39, 0.29) is 17.9 Å². The lowest BCUT2D eigenvalue weighted by molar-refractivity contribution is -0.120. The van der Waals surface area contributed by atoms with Crippen LogP contribution in [0.15, 0.2) is 28.7 Å². The molecule has 1 heterocycles. The van der Waals surface area contributed by atoms with Crippen molar-refractivity contribution in [3.63, 3.8) is 0 Å². The topological polar surface area (TPSA) is 49.4 Å². The first-order valence-corrected chi connectivity index (χ1v) is 8.27. The summed E-state index contributed by atoms with van der Waals surface area (Å²) in [5.74, 6) is -0.365. The smallest absolute Gasteiger partial charge is 0.253 e. The van der Waals surface area contributed by atoms with Crippen molar-refractivity contribution in [2.75, 3.05) is 13.1 Å². The Morgan fingerprint density at radius 3 is 2.29 bits per heavy atom. The highest BCUT2D eigenvalue weighted by molar-refractivity contribution is 9.10. The summed E-state index contributed by atoms with van der Waals surface area (Å²) >= 11 is 14.4. The number of halogens is 3. The lowest BCUT2D eigenvalue weighted by Crippen LogP contribution is -2.47. The molecule has 0 radical (unpaired) electrons. The number of carbonyl (C=O) groups is 2. The van der Waals surface area contributed by atoms with E-state index in [0.29, 0.717) is 31.5 Å². The molecule has 1 aliphatic heterocycles. The Bertz CT molecular complexity index is 514. The molecule has 4 nitrogen and oxygen atoms in total. The summed E-state index contributed by atoms with van der Waals surface area (Å²) in [5, 5.41) is 2.78. The van der Waals surface area contributed by atoms with Crippen LogP contribution in [0.1, 0.15) is 23.2 Å². The van der Waals surface area contributed by atoms with Crippen LogP contribution in [-0.4, -0.2) is 40.7 Å². The van der Waals surface area contributed by atoms with E-state index in [9.17, 15) is 9.59 Å². The van der Waals surface area contributed by atoms with E-state index in [2.05, 4.69) is 21.2 Å². The minimum Gasteiger partial charge on any atom is -0.351 e. The highest BCUT2D eigenvalue weighted by Crippen LogP contribution is 2.17. The van der Waals surface area contributed by atoms with Crippen molar-refractivity contribution in [1.29, 1.82) is 0 Å². The second-order valence-electron chi connectivity index (χ2n) is 4.88. The average Bonchev–Trinajstić information content (AvgIpc) is 2.48. The Morgan fingerprint density at radius 1 is 1.19 bits per heavy atom. The molecule has 1 aliphatic rings. The summed E-state index contributed by atoms with van der Waals surface area (Å²) in [7, 11) is 0. The molecule has 1 saturated heterocycles. The first-order chi connectivity index (χ1) is 9.97. The molecule has 21 heavy (non-hydrogen) atoms. The van der Waals surface area contributed by atoms with Crippen molar-refractivity contribution in [2.24, 2.45) is 0 Å². The van der Waals surface area contributed by atoms with Gasteiger partial charge in [0.25, 0.3) is 11.8 Å². The largest absolute Gasteiger partial charge is 0.351 e. The zero-order valence-corrected chi connectivity index (χ0v) is 14.3. The van der Waals surface area contributed by atoms with Crippen molar-refractivity contribution >= 4 is 50.9 Å². The van der Waals surface area contributed by atoms with Crippen LogP contribution in [0.2, 0.25) is 0 Å². The van der Waals surface area contributed by atoms with Crippen molar-refractivity contribution in [3.05, 3.63) is 34.3 Å². The molecule has 1 aromatic carbocycles.